The lowest BCUT2D eigenvalue weighted by molar-refractivity contribution is 0.0955. The second-order valence-corrected chi connectivity index (χ2v) is 6.39. The third-order valence-corrected chi connectivity index (χ3v) is 4.77. The van der Waals surface area contributed by atoms with E-state index in [1.807, 2.05) is 35.7 Å². The molecule has 0 aliphatic rings. The van der Waals surface area contributed by atoms with E-state index >= 15 is 0 Å². The van der Waals surface area contributed by atoms with Gasteiger partial charge in [0.1, 0.15) is 0 Å². The highest BCUT2D eigenvalue weighted by atomic mass is 79.9. The second-order valence-electron chi connectivity index (χ2n) is 4.56. The first kappa shape index (κ1) is 14.9. The normalized spacial score (nSPS) is 10.4. The van der Waals surface area contributed by atoms with Gasteiger partial charge >= 0.3 is 0 Å². The number of carbonyl (C=O) groups is 1. The van der Waals surface area contributed by atoms with Gasteiger partial charge in [0, 0.05) is 40.6 Å². The number of pyridine rings is 2. The van der Waals surface area contributed by atoms with Crippen LogP contribution in [-0.2, 0) is 6.54 Å². The zero-order valence-electron chi connectivity index (χ0n) is 11.5. The van der Waals surface area contributed by atoms with Gasteiger partial charge in [0.2, 0.25) is 0 Å². The maximum Gasteiger partial charge on any atom is 0.261 e. The molecular formula is C16H12BrN3OS. The van der Waals surface area contributed by atoms with E-state index in [9.17, 15) is 4.79 Å². The quantitative estimate of drug-likeness (QED) is 0.754. The summed E-state index contributed by atoms with van der Waals surface area (Å²) < 4.78 is 0.918. The molecule has 0 fully saturated rings. The zero-order chi connectivity index (χ0) is 15.4. The summed E-state index contributed by atoms with van der Waals surface area (Å²) in [6.07, 6.45) is 5.21. The van der Waals surface area contributed by atoms with E-state index in [0.29, 0.717) is 11.4 Å². The topological polar surface area (TPSA) is 54.9 Å². The summed E-state index contributed by atoms with van der Waals surface area (Å²) in [5, 5.41) is 4.82. The molecule has 3 heterocycles. The van der Waals surface area contributed by atoms with E-state index in [2.05, 4.69) is 31.2 Å². The summed E-state index contributed by atoms with van der Waals surface area (Å²) in [7, 11) is 0. The maximum absolute atomic E-state index is 12.1. The van der Waals surface area contributed by atoms with Crippen molar-refractivity contribution in [1.82, 2.24) is 15.3 Å². The number of amides is 1. The third-order valence-electron chi connectivity index (χ3n) is 3.08. The molecule has 6 heteroatoms. The predicted molar refractivity (Wildman–Crippen MR) is 90.7 cm³/mol. The Kier molecular flexibility index (Phi) is 4.60. The van der Waals surface area contributed by atoms with Gasteiger partial charge < -0.3 is 5.32 Å². The van der Waals surface area contributed by atoms with Crippen LogP contribution in [0.5, 0.6) is 0 Å². The maximum atomic E-state index is 12.1. The Labute approximate surface area is 140 Å². The Hall–Kier alpha value is -2.05. The molecule has 4 nitrogen and oxygen atoms in total. The molecule has 0 atom stereocenters. The van der Waals surface area contributed by atoms with Crippen LogP contribution in [0.15, 0.2) is 58.8 Å². The smallest absolute Gasteiger partial charge is 0.261 e. The summed E-state index contributed by atoms with van der Waals surface area (Å²) in [5.41, 5.74) is 2.81. The highest BCUT2D eigenvalue weighted by molar-refractivity contribution is 9.10. The molecule has 0 aliphatic heterocycles. The number of aromatic nitrogens is 2. The molecule has 0 bridgehead atoms. The van der Waals surface area contributed by atoms with Crippen LogP contribution < -0.4 is 5.32 Å². The monoisotopic (exact) mass is 373 g/mol. The standard InChI is InChI=1S/C16H12BrN3OS/c17-13-8-14(22-10-13)16(21)20-9-12-2-1-5-19-15(12)11-3-6-18-7-4-11/h1-8,10H,9H2,(H,20,21). The lowest BCUT2D eigenvalue weighted by Crippen LogP contribution is -2.22. The summed E-state index contributed by atoms with van der Waals surface area (Å²) in [6.45, 7) is 0.430. The van der Waals surface area contributed by atoms with Gasteiger partial charge in [0.15, 0.2) is 0 Å². The third kappa shape index (κ3) is 3.40. The first-order valence-corrected chi connectivity index (χ1v) is 8.28. The number of thiophene rings is 1. The average Bonchev–Trinajstić information content (AvgIpc) is 3.00. The Morgan fingerprint density at radius 3 is 2.77 bits per heavy atom. The van der Waals surface area contributed by atoms with Crippen molar-refractivity contribution in [3.8, 4) is 11.3 Å². The van der Waals surface area contributed by atoms with Crippen LogP contribution in [0, 0.1) is 0 Å². The fraction of sp³-hybridized carbons (Fsp3) is 0.0625. The van der Waals surface area contributed by atoms with Crippen LogP contribution in [0.25, 0.3) is 11.3 Å². The molecule has 0 saturated carbocycles. The van der Waals surface area contributed by atoms with Crippen molar-refractivity contribution in [2.24, 2.45) is 0 Å². The minimum Gasteiger partial charge on any atom is -0.347 e. The Bertz CT molecular complexity index is 789. The number of rotatable bonds is 4. The van der Waals surface area contributed by atoms with Gasteiger partial charge in [-0.2, -0.15) is 0 Å². The summed E-state index contributed by atoms with van der Waals surface area (Å²) in [4.78, 5) is 21.2. The lowest BCUT2D eigenvalue weighted by atomic mass is 10.1. The van der Waals surface area contributed by atoms with Gasteiger partial charge in [-0.05, 0) is 45.8 Å². The van der Waals surface area contributed by atoms with E-state index in [0.717, 1.165) is 21.3 Å². The highest BCUT2D eigenvalue weighted by Crippen LogP contribution is 2.21. The van der Waals surface area contributed by atoms with Crippen molar-refractivity contribution in [2.75, 3.05) is 0 Å². The van der Waals surface area contributed by atoms with Crippen LogP contribution in [0.3, 0.4) is 0 Å². The van der Waals surface area contributed by atoms with Crippen LogP contribution in [0.2, 0.25) is 0 Å². The van der Waals surface area contributed by atoms with E-state index in [-0.39, 0.29) is 5.91 Å². The van der Waals surface area contributed by atoms with E-state index in [1.54, 1.807) is 18.6 Å². The molecule has 0 saturated heterocycles. The first-order chi connectivity index (χ1) is 10.7. The molecule has 0 aromatic carbocycles. The summed E-state index contributed by atoms with van der Waals surface area (Å²) in [5.74, 6) is -0.0831. The fourth-order valence-electron chi connectivity index (χ4n) is 2.05. The number of nitrogens with zero attached hydrogens (tertiary/aromatic N) is 2. The van der Waals surface area contributed by atoms with Crippen molar-refractivity contribution < 1.29 is 4.79 Å². The molecule has 22 heavy (non-hydrogen) atoms. The van der Waals surface area contributed by atoms with E-state index in [4.69, 9.17) is 0 Å². The molecule has 0 spiro atoms. The molecule has 3 aromatic heterocycles. The van der Waals surface area contributed by atoms with Crippen molar-refractivity contribution >= 4 is 33.2 Å². The minimum absolute atomic E-state index is 0.0831. The average molecular weight is 374 g/mol. The van der Waals surface area contributed by atoms with Gasteiger partial charge in [0.25, 0.3) is 5.91 Å². The number of nitrogens with one attached hydrogen (secondary N) is 1. The summed E-state index contributed by atoms with van der Waals surface area (Å²) in [6, 6.07) is 9.46. The van der Waals surface area contributed by atoms with Crippen LogP contribution in [0.4, 0.5) is 0 Å². The number of halogens is 1. The van der Waals surface area contributed by atoms with Crippen molar-refractivity contribution in [3.63, 3.8) is 0 Å². The lowest BCUT2D eigenvalue weighted by Gasteiger charge is -2.09. The molecule has 3 aromatic rings. The largest absolute Gasteiger partial charge is 0.347 e. The SMILES string of the molecule is O=C(NCc1cccnc1-c1ccncc1)c1cc(Br)cs1. The molecule has 0 aliphatic carbocycles. The van der Waals surface area contributed by atoms with Crippen LogP contribution in [-0.4, -0.2) is 15.9 Å². The minimum atomic E-state index is -0.0831. The first-order valence-electron chi connectivity index (χ1n) is 6.60. The molecule has 0 unspecified atom stereocenters. The van der Waals surface area contributed by atoms with Gasteiger partial charge in [-0.3, -0.25) is 14.8 Å². The van der Waals surface area contributed by atoms with Crippen molar-refractivity contribution in [1.29, 1.82) is 0 Å². The second kappa shape index (κ2) is 6.81. The predicted octanol–water partition coefficient (Wildman–Crippen LogP) is 3.90. The highest BCUT2D eigenvalue weighted by Gasteiger charge is 2.10. The molecule has 110 valence electrons. The van der Waals surface area contributed by atoms with Gasteiger partial charge in [0.05, 0.1) is 10.6 Å². The Morgan fingerprint density at radius 2 is 2.05 bits per heavy atom. The van der Waals surface area contributed by atoms with Gasteiger partial charge in [-0.1, -0.05) is 6.07 Å². The molecule has 3 rings (SSSR count). The van der Waals surface area contributed by atoms with E-state index < -0.39 is 0 Å². The molecular weight excluding hydrogens is 362 g/mol. The molecule has 1 amide bonds. The Balaban J connectivity index is 1.77. The van der Waals surface area contributed by atoms with E-state index in [1.165, 1.54) is 11.3 Å². The fourth-order valence-corrected chi connectivity index (χ4v) is 3.39. The number of carbonyl (C=O) groups excluding carboxylic acids is 1. The molecule has 0 radical (unpaired) electrons. The van der Waals surface area contributed by atoms with Gasteiger partial charge in [-0.15, -0.1) is 11.3 Å². The molecule has 1 N–H and O–H groups in total. The summed E-state index contributed by atoms with van der Waals surface area (Å²) >= 11 is 4.76. The number of hydrogen-bond acceptors (Lipinski definition) is 4. The van der Waals surface area contributed by atoms with Crippen molar-refractivity contribution in [2.45, 2.75) is 6.54 Å². The van der Waals surface area contributed by atoms with Crippen LogP contribution >= 0.6 is 27.3 Å². The number of hydrogen-bond donors (Lipinski definition) is 1. The Morgan fingerprint density at radius 1 is 1.23 bits per heavy atom. The van der Waals surface area contributed by atoms with Crippen LogP contribution in [0.1, 0.15) is 15.2 Å². The van der Waals surface area contributed by atoms with Gasteiger partial charge in [-0.25, -0.2) is 0 Å². The zero-order valence-corrected chi connectivity index (χ0v) is 13.9. The van der Waals surface area contributed by atoms with Crippen molar-refractivity contribution in [3.05, 3.63) is 69.2 Å².